The topological polar surface area (TPSA) is 175 Å². The Labute approximate surface area is 291 Å². The molecular formula is C34H38ClNO12S. The Morgan fingerprint density at radius 1 is 0.898 bits per heavy atom. The Hall–Kier alpha value is -2.83. The second kappa shape index (κ2) is 16.5. The molecule has 0 aliphatic carbocycles. The summed E-state index contributed by atoms with van der Waals surface area (Å²) in [5.74, 6) is 0.259. The normalized spacial score (nSPS) is 33.0. The third-order valence-electron chi connectivity index (χ3n) is 8.36. The maximum absolute atomic E-state index is 11.7. The number of fused-ring (bicyclic) bond motifs is 1. The maximum atomic E-state index is 11.7. The van der Waals surface area contributed by atoms with Gasteiger partial charge in [0.25, 0.3) is 0 Å². The summed E-state index contributed by atoms with van der Waals surface area (Å²) in [5.41, 5.74) is 1.64. The fraction of sp³-hybridized carbons (Fsp3) is 0.441. The molecule has 6 rings (SSSR count). The molecule has 11 atom stereocenters. The average molecular weight is 720 g/mol. The highest BCUT2D eigenvalue weighted by atomic mass is 35.5. The molecule has 0 saturated carbocycles. The van der Waals surface area contributed by atoms with Crippen LogP contribution in [-0.4, -0.2) is 107 Å². The number of rotatable bonds is 10. The fourth-order valence-corrected chi connectivity index (χ4v) is 6.90. The Morgan fingerprint density at radius 3 is 2.35 bits per heavy atom. The van der Waals surface area contributed by atoms with Crippen LogP contribution < -0.4 is 5.32 Å². The van der Waals surface area contributed by atoms with E-state index in [-0.39, 0.29) is 24.0 Å². The largest absolute Gasteiger partial charge is 0.453 e. The van der Waals surface area contributed by atoms with Crippen molar-refractivity contribution < 1.29 is 58.4 Å². The van der Waals surface area contributed by atoms with Gasteiger partial charge in [-0.15, -0.1) is 11.8 Å². The zero-order chi connectivity index (χ0) is 34.5. The van der Waals surface area contributed by atoms with E-state index in [0.29, 0.717) is 11.3 Å². The number of aliphatic hydroxyl groups excluding tert-OH is 4. The van der Waals surface area contributed by atoms with E-state index >= 15 is 0 Å². The van der Waals surface area contributed by atoms with Gasteiger partial charge in [-0.3, -0.25) is 5.32 Å². The molecule has 5 N–H and O–H groups in total. The number of nitrogens with one attached hydrogen (secondary N) is 1. The van der Waals surface area contributed by atoms with Crippen molar-refractivity contribution in [2.75, 3.05) is 24.8 Å². The molecule has 0 bridgehead atoms. The number of hydrogen-bond donors (Lipinski definition) is 5. The Bertz CT molecular complexity index is 1520. The lowest BCUT2D eigenvalue weighted by Crippen LogP contribution is -2.65. The van der Waals surface area contributed by atoms with Crippen molar-refractivity contribution in [3.63, 3.8) is 0 Å². The molecule has 3 saturated heterocycles. The van der Waals surface area contributed by atoms with E-state index in [4.69, 9.17) is 40.0 Å². The van der Waals surface area contributed by atoms with Gasteiger partial charge in [0, 0.05) is 16.2 Å². The first-order valence-electron chi connectivity index (χ1n) is 15.7. The smallest absolute Gasteiger partial charge is 0.411 e. The number of methoxy groups -OCH3 is 1. The molecule has 1 amide bonds. The summed E-state index contributed by atoms with van der Waals surface area (Å²) < 4.78 is 40.7. The van der Waals surface area contributed by atoms with Crippen LogP contribution in [0.1, 0.15) is 17.4 Å². The van der Waals surface area contributed by atoms with Gasteiger partial charge < -0.3 is 53.6 Å². The lowest BCUT2D eigenvalue weighted by Gasteiger charge is -2.49. The quantitative estimate of drug-likeness (QED) is 0.194. The second-order valence-electron chi connectivity index (χ2n) is 11.7. The summed E-state index contributed by atoms with van der Waals surface area (Å²) in [6, 6.07) is 23.5. The first-order valence-corrected chi connectivity index (χ1v) is 17.0. The van der Waals surface area contributed by atoms with Crippen molar-refractivity contribution in [3.8, 4) is 0 Å². The number of thioether (sulfide) groups is 1. The van der Waals surface area contributed by atoms with Crippen LogP contribution in [0.3, 0.4) is 0 Å². The van der Waals surface area contributed by atoms with Gasteiger partial charge in [0.1, 0.15) is 42.7 Å². The van der Waals surface area contributed by atoms with Crippen LogP contribution in [0.4, 0.5) is 10.5 Å². The van der Waals surface area contributed by atoms with Crippen LogP contribution in [0.25, 0.3) is 0 Å². The summed E-state index contributed by atoms with van der Waals surface area (Å²) >= 11 is 7.62. The molecule has 3 fully saturated rings. The Kier molecular flexibility index (Phi) is 12.1. The summed E-state index contributed by atoms with van der Waals surface area (Å²) in [5, 5.41) is 47.5. The number of hydrogen-bond acceptors (Lipinski definition) is 13. The minimum absolute atomic E-state index is 0.0466. The van der Waals surface area contributed by atoms with Gasteiger partial charge in [-0.05, 0) is 29.8 Å². The third kappa shape index (κ3) is 8.56. The van der Waals surface area contributed by atoms with Crippen LogP contribution in [0.15, 0.2) is 83.8 Å². The van der Waals surface area contributed by atoms with Gasteiger partial charge in [-0.25, -0.2) is 4.79 Å². The first-order chi connectivity index (χ1) is 23.7. The molecule has 15 heteroatoms. The van der Waals surface area contributed by atoms with Crippen LogP contribution in [0.5, 0.6) is 0 Å². The Morgan fingerprint density at radius 2 is 1.61 bits per heavy atom. The lowest BCUT2D eigenvalue weighted by atomic mass is 9.96. The van der Waals surface area contributed by atoms with Crippen molar-refractivity contribution in [1.82, 2.24) is 0 Å². The molecule has 264 valence electrons. The van der Waals surface area contributed by atoms with Crippen LogP contribution in [0, 0.1) is 0 Å². The lowest BCUT2D eigenvalue weighted by molar-refractivity contribution is -0.384. The number of aliphatic hydroxyl groups is 4. The van der Waals surface area contributed by atoms with E-state index in [1.807, 2.05) is 60.7 Å². The van der Waals surface area contributed by atoms with E-state index in [1.165, 1.54) is 18.9 Å². The number of benzene rings is 3. The number of carbonyl (C=O) groups is 1. The highest BCUT2D eigenvalue weighted by Crippen LogP contribution is 2.37. The number of carbonyl (C=O) groups excluding carboxylic acids is 1. The van der Waals surface area contributed by atoms with E-state index in [9.17, 15) is 25.2 Å². The van der Waals surface area contributed by atoms with Crippen LogP contribution in [0.2, 0.25) is 5.02 Å². The summed E-state index contributed by atoms with van der Waals surface area (Å²) in [6.07, 6.45) is -14.0. The Balaban J connectivity index is 1.14. The second-order valence-corrected chi connectivity index (χ2v) is 13.2. The van der Waals surface area contributed by atoms with Crippen molar-refractivity contribution >= 4 is 35.1 Å². The van der Waals surface area contributed by atoms with Gasteiger partial charge in [0.2, 0.25) is 0 Å². The maximum Gasteiger partial charge on any atom is 0.411 e. The van der Waals surface area contributed by atoms with Crippen LogP contribution >= 0.6 is 23.4 Å². The molecule has 0 spiro atoms. The molecule has 3 aromatic rings. The highest BCUT2D eigenvalue weighted by Gasteiger charge is 2.53. The standard InChI is InChI=1S/C34H38ClNO12S/c1-42-34(41)36-22-14-18(12-13-21(22)35)15-43-32-27(39)25(37)30(24(46-32)17-49-20-10-6-3-7-11-20)48-33-28(40)26(38)29-23(45-33)16-44-31(47-29)19-8-4-2-5-9-19/h2-14,23-33,37-40H,15-17H2,1H3,(H,36,41)/t23-,24-,25-,26-,27-,28-,29-,30-,31?,32-,33-/m1/s1. The number of amides is 1. The number of anilines is 1. The molecule has 1 unspecified atom stereocenters. The molecule has 3 aliphatic heterocycles. The number of ether oxygens (including phenoxy) is 7. The number of halogens is 1. The average Bonchev–Trinajstić information content (AvgIpc) is 3.13. The zero-order valence-electron chi connectivity index (χ0n) is 26.3. The summed E-state index contributed by atoms with van der Waals surface area (Å²) in [6.45, 7) is -0.0276. The van der Waals surface area contributed by atoms with Crippen molar-refractivity contribution in [1.29, 1.82) is 0 Å². The monoisotopic (exact) mass is 719 g/mol. The fourth-order valence-electron chi connectivity index (χ4n) is 5.76. The predicted octanol–water partition coefficient (Wildman–Crippen LogP) is 3.22. The summed E-state index contributed by atoms with van der Waals surface area (Å²) in [7, 11) is 1.23. The molecule has 3 heterocycles. The van der Waals surface area contributed by atoms with E-state index in [2.05, 4.69) is 10.1 Å². The van der Waals surface area contributed by atoms with Gasteiger partial charge >= 0.3 is 6.09 Å². The van der Waals surface area contributed by atoms with E-state index in [1.54, 1.807) is 18.2 Å². The van der Waals surface area contributed by atoms with E-state index in [0.717, 1.165) is 10.5 Å². The minimum Gasteiger partial charge on any atom is -0.453 e. The molecule has 3 aromatic carbocycles. The predicted molar refractivity (Wildman–Crippen MR) is 176 cm³/mol. The third-order valence-corrected chi connectivity index (χ3v) is 9.79. The molecule has 13 nitrogen and oxygen atoms in total. The van der Waals surface area contributed by atoms with Crippen molar-refractivity contribution in [3.05, 3.63) is 95.0 Å². The summed E-state index contributed by atoms with van der Waals surface area (Å²) in [4.78, 5) is 12.6. The van der Waals surface area contributed by atoms with Gasteiger partial charge in [0.15, 0.2) is 18.9 Å². The van der Waals surface area contributed by atoms with E-state index < -0.39 is 73.8 Å². The molecule has 49 heavy (non-hydrogen) atoms. The van der Waals surface area contributed by atoms with Crippen LogP contribution in [-0.2, 0) is 39.8 Å². The molecule has 0 aromatic heterocycles. The minimum atomic E-state index is -1.57. The molecular weight excluding hydrogens is 682 g/mol. The van der Waals surface area contributed by atoms with Crippen molar-refractivity contribution in [2.24, 2.45) is 0 Å². The molecule has 0 radical (unpaired) electrons. The zero-order valence-corrected chi connectivity index (χ0v) is 27.9. The van der Waals surface area contributed by atoms with Gasteiger partial charge in [0.05, 0.1) is 37.1 Å². The SMILES string of the molecule is COC(=O)Nc1cc(CO[C@@H]2O[C@H](CSc3ccccc3)[C@@H](O[C@H]3O[C@@H]4COC(c5ccccc5)O[C@H]4[C@H](O)[C@H]3O)[C@H](O)[C@H]2O)ccc1Cl. The van der Waals surface area contributed by atoms with Gasteiger partial charge in [-0.2, -0.15) is 0 Å². The van der Waals surface area contributed by atoms with Gasteiger partial charge in [-0.1, -0.05) is 66.2 Å². The molecule has 3 aliphatic rings. The van der Waals surface area contributed by atoms with Crippen molar-refractivity contribution in [2.45, 2.75) is 79.2 Å². The first kappa shape index (κ1) is 36.0. The highest BCUT2D eigenvalue weighted by molar-refractivity contribution is 7.99.